The first-order valence-electron chi connectivity index (χ1n) is 4.89. The molecule has 1 aliphatic heterocycles. The third-order valence-electron chi connectivity index (χ3n) is 2.42. The van der Waals surface area contributed by atoms with Crippen LogP contribution in [0, 0.1) is 0 Å². The largest absolute Gasteiger partial charge is 0.390 e. The standard InChI is InChI=1S/C10H13ClN2O2/c11-8-5-10(9(7-14)12-6-8)13-1-3-15-4-2-13/h5-6,14H,1-4,7H2. The molecule has 0 aromatic carbocycles. The van der Waals surface area contributed by atoms with Crippen LogP contribution in [0.25, 0.3) is 0 Å². The predicted octanol–water partition coefficient (Wildman–Crippen LogP) is 1.06. The Kier molecular flexibility index (Phi) is 3.41. The molecule has 0 saturated carbocycles. The third-order valence-corrected chi connectivity index (χ3v) is 2.62. The summed E-state index contributed by atoms with van der Waals surface area (Å²) >= 11 is 5.89. The molecule has 1 fully saturated rings. The quantitative estimate of drug-likeness (QED) is 0.823. The van der Waals surface area contributed by atoms with E-state index in [9.17, 15) is 5.11 Å². The minimum absolute atomic E-state index is 0.0656. The van der Waals surface area contributed by atoms with E-state index < -0.39 is 0 Å². The molecule has 5 heteroatoms. The summed E-state index contributed by atoms with van der Waals surface area (Å²) in [7, 11) is 0. The molecule has 1 aromatic rings. The van der Waals surface area contributed by atoms with Crippen LogP contribution < -0.4 is 4.90 Å². The minimum atomic E-state index is -0.0656. The third kappa shape index (κ3) is 2.40. The Morgan fingerprint density at radius 2 is 2.20 bits per heavy atom. The van der Waals surface area contributed by atoms with Gasteiger partial charge in [-0.25, -0.2) is 0 Å². The lowest BCUT2D eigenvalue weighted by molar-refractivity contribution is 0.122. The molecule has 15 heavy (non-hydrogen) atoms. The summed E-state index contributed by atoms with van der Waals surface area (Å²) in [5, 5.41) is 9.77. The average molecular weight is 229 g/mol. The summed E-state index contributed by atoms with van der Waals surface area (Å²) < 4.78 is 5.27. The second-order valence-corrected chi connectivity index (χ2v) is 3.81. The molecule has 0 atom stereocenters. The van der Waals surface area contributed by atoms with Gasteiger partial charge in [0.05, 0.1) is 36.2 Å². The van der Waals surface area contributed by atoms with E-state index in [1.165, 1.54) is 0 Å². The van der Waals surface area contributed by atoms with Crippen molar-refractivity contribution in [1.82, 2.24) is 4.98 Å². The molecule has 0 unspecified atom stereocenters. The Bertz CT molecular complexity index is 340. The number of rotatable bonds is 2. The van der Waals surface area contributed by atoms with Crippen molar-refractivity contribution in [1.29, 1.82) is 0 Å². The van der Waals surface area contributed by atoms with Gasteiger partial charge in [0.15, 0.2) is 0 Å². The van der Waals surface area contributed by atoms with E-state index in [-0.39, 0.29) is 6.61 Å². The van der Waals surface area contributed by atoms with Crippen LogP contribution in [0.3, 0.4) is 0 Å². The number of halogens is 1. The van der Waals surface area contributed by atoms with Gasteiger partial charge >= 0.3 is 0 Å². The van der Waals surface area contributed by atoms with Gasteiger partial charge in [0.1, 0.15) is 0 Å². The Morgan fingerprint density at radius 1 is 1.47 bits per heavy atom. The van der Waals surface area contributed by atoms with Gasteiger partial charge in [0, 0.05) is 19.3 Å². The zero-order chi connectivity index (χ0) is 10.7. The maximum absolute atomic E-state index is 9.18. The lowest BCUT2D eigenvalue weighted by Crippen LogP contribution is -2.37. The van der Waals surface area contributed by atoms with E-state index in [2.05, 4.69) is 9.88 Å². The Balaban J connectivity index is 2.27. The normalized spacial score (nSPS) is 16.8. The molecule has 2 rings (SSSR count). The van der Waals surface area contributed by atoms with Gasteiger partial charge < -0.3 is 14.7 Å². The smallest absolute Gasteiger partial charge is 0.0892 e. The van der Waals surface area contributed by atoms with Crippen molar-refractivity contribution in [3.05, 3.63) is 23.0 Å². The molecule has 1 aliphatic rings. The summed E-state index contributed by atoms with van der Waals surface area (Å²) in [6.07, 6.45) is 1.55. The van der Waals surface area contributed by atoms with Crippen molar-refractivity contribution in [3.63, 3.8) is 0 Å². The monoisotopic (exact) mass is 228 g/mol. The van der Waals surface area contributed by atoms with Crippen LogP contribution in [-0.2, 0) is 11.3 Å². The Morgan fingerprint density at radius 3 is 2.87 bits per heavy atom. The fourth-order valence-electron chi connectivity index (χ4n) is 1.66. The topological polar surface area (TPSA) is 45.6 Å². The molecule has 2 heterocycles. The van der Waals surface area contributed by atoms with E-state index in [1.54, 1.807) is 6.20 Å². The molecule has 0 radical (unpaired) electrons. The summed E-state index contributed by atoms with van der Waals surface area (Å²) in [5.74, 6) is 0. The van der Waals surface area contributed by atoms with E-state index in [1.807, 2.05) is 6.07 Å². The van der Waals surface area contributed by atoms with Crippen molar-refractivity contribution in [3.8, 4) is 0 Å². The zero-order valence-corrected chi connectivity index (χ0v) is 9.07. The molecule has 0 bridgehead atoms. The maximum atomic E-state index is 9.18. The number of aromatic nitrogens is 1. The molecule has 82 valence electrons. The number of aliphatic hydroxyl groups excluding tert-OH is 1. The van der Waals surface area contributed by atoms with Gasteiger partial charge in [0.2, 0.25) is 0 Å². The number of hydrogen-bond donors (Lipinski definition) is 1. The first-order valence-corrected chi connectivity index (χ1v) is 5.27. The van der Waals surface area contributed by atoms with Gasteiger partial charge in [-0.1, -0.05) is 11.6 Å². The van der Waals surface area contributed by atoms with Crippen molar-refractivity contribution < 1.29 is 9.84 Å². The van der Waals surface area contributed by atoms with Crippen molar-refractivity contribution in [2.45, 2.75) is 6.61 Å². The number of aliphatic hydroxyl groups is 1. The highest BCUT2D eigenvalue weighted by Gasteiger charge is 2.15. The molecule has 0 amide bonds. The molecular formula is C10H13ClN2O2. The molecule has 4 nitrogen and oxygen atoms in total. The number of nitrogens with zero attached hydrogens (tertiary/aromatic N) is 2. The number of morpholine rings is 1. The van der Waals surface area contributed by atoms with E-state index >= 15 is 0 Å². The Hall–Kier alpha value is -0.840. The molecule has 1 N–H and O–H groups in total. The van der Waals surface area contributed by atoms with Crippen molar-refractivity contribution >= 4 is 17.3 Å². The van der Waals surface area contributed by atoms with E-state index in [4.69, 9.17) is 16.3 Å². The molecule has 1 saturated heterocycles. The van der Waals surface area contributed by atoms with Crippen LogP contribution in [0.4, 0.5) is 5.69 Å². The molecule has 0 spiro atoms. The van der Waals surface area contributed by atoms with Crippen molar-refractivity contribution in [2.75, 3.05) is 31.2 Å². The number of hydrogen-bond acceptors (Lipinski definition) is 4. The first-order chi connectivity index (χ1) is 7.31. The average Bonchev–Trinajstić information content (AvgIpc) is 2.30. The number of anilines is 1. The van der Waals surface area contributed by atoms with Gasteiger partial charge in [-0.3, -0.25) is 4.98 Å². The van der Waals surface area contributed by atoms with E-state index in [0.29, 0.717) is 23.9 Å². The van der Waals surface area contributed by atoms with Crippen LogP contribution in [0.1, 0.15) is 5.69 Å². The molecule has 1 aromatic heterocycles. The summed E-state index contributed by atoms with van der Waals surface area (Å²) in [6, 6.07) is 1.84. The fourth-order valence-corrected chi connectivity index (χ4v) is 1.81. The SMILES string of the molecule is OCc1ncc(Cl)cc1N1CCOCC1. The molecular weight excluding hydrogens is 216 g/mol. The Labute approximate surface area is 93.4 Å². The summed E-state index contributed by atoms with van der Waals surface area (Å²) in [5.41, 5.74) is 1.58. The maximum Gasteiger partial charge on any atom is 0.0892 e. The van der Waals surface area contributed by atoms with Crippen LogP contribution in [-0.4, -0.2) is 36.4 Å². The van der Waals surface area contributed by atoms with Gasteiger partial charge in [-0.15, -0.1) is 0 Å². The summed E-state index contributed by atoms with van der Waals surface area (Å²) in [6.45, 7) is 2.97. The van der Waals surface area contributed by atoms with E-state index in [0.717, 1.165) is 18.8 Å². The van der Waals surface area contributed by atoms with Crippen LogP contribution >= 0.6 is 11.6 Å². The predicted molar refractivity (Wildman–Crippen MR) is 58.2 cm³/mol. The van der Waals surface area contributed by atoms with Crippen molar-refractivity contribution in [2.24, 2.45) is 0 Å². The first kappa shape index (κ1) is 10.7. The van der Waals surface area contributed by atoms with Crippen LogP contribution in [0.2, 0.25) is 5.02 Å². The lowest BCUT2D eigenvalue weighted by Gasteiger charge is -2.29. The minimum Gasteiger partial charge on any atom is -0.390 e. The van der Waals surface area contributed by atoms with Crippen LogP contribution in [0.15, 0.2) is 12.3 Å². The summed E-state index contributed by atoms with van der Waals surface area (Å²) in [4.78, 5) is 6.24. The van der Waals surface area contributed by atoms with Gasteiger partial charge in [-0.05, 0) is 6.07 Å². The number of ether oxygens (including phenoxy) is 1. The highest BCUT2D eigenvalue weighted by molar-refractivity contribution is 6.30. The highest BCUT2D eigenvalue weighted by atomic mass is 35.5. The van der Waals surface area contributed by atoms with Crippen LogP contribution in [0.5, 0.6) is 0 Å². The van der Waals surface area contributed by atoms with Gasteiger partial charge in [0.25, 0.3) is 0 Å². The fraction of sp³-hybridized carbons (Fsp3) is 0.500. The van der Waals surface area contributed by atoms with Gasteiger partial charge in [-0.2, -0.15) is 0 Å². The second kappa shape index (κ2) is 4.79. The number of pyridine rings is 1. The second-order valence-electron chi connectivity index (χ2n) is 3.38. The molecule has 0 aliphatic carbocycles. The highest BCUT2D eigenvalue weighted by Crippen LogP contribution is 2.23. The lowest BCUT2D eigenvalue weighted by atomic mass is 10.2. The zero-order valence-electron chi connectivity index (χ0n) is 8.32.